The number of hydrogen-bond acceptors (Lipinski definition) is 2. The summed E-state index contributed by atoms with van der Waals surface area (Å²) < 4.78 is 1.24. The second-order valence-electron chi connectivity index (χ2n) is 4.34. The zero-order chi connectivity index (χ0) is 10.5. The van der Waals surface area contributed by atoms with Gasteiger partial charge in [0, 0.05) is 12.1 Å². The van der Waals surface area contributed by atoms with Crippen molar-refractivity contribution in [1.29, 1.82) is 0 Å². The van der Waals surface area contributed by atoms with Gasteiger partial charge in [-0.2, -0.15) is 0 Å². The van der Waals surface area contributed by atoms with Crippen molar-refractivity contribution in [2.24, 2.45) is 5.41 Å². The maximum atomic E-state index is 11.5. The van der Waals surface area contributed by atoms with Crippen LogP contribution in [0.15, 0.2) is 15.7 Å². The number of aromatic amines is 1. The molecule has 0 saturated heterocycles. The number of halogens is 1. The molecule has 1 N–H and O–H groups in total. The quantitative estimate of drug-likeness (QED) is 0.714. The van der Waals surface area contributed by atoms with E-state index in [1.807, 2.05) is 13.8 Å². The first kappa shape index (κ1) is 9.52. The molecule has 1 aromatic rings. The first-order valence-electron chi connectivity index (χ1n) is 4.43. The monoisotopic (exact) mass is 214 g/mol. The van der Waals surface area contributed by atoms with Gasteiger partial charge in [0.1, 0.15) is 5.15 Å². The first-order valence-corrected chi connectivity index (χ1v) is 4.81. The molecule has 76 valence electrons. The summed E-state index contributed by atoms with van der Waals surface area (Å²) in [7, 11) is 0. The molecule has 1 fully saturated rings. The van der Waals surface area contributed by atoms with Crippen LogP contribution in [0.25, 0.3) is 0 Å². The van der Waals surface area contributed by atoms with Gasteiger partial charge in [-0.05, 0) is 11.8 Å². The predicted molar refractivity (Wildman–Crippen MR) is 53.8 cm³/mol. The minimum absolute atomic E-state index is 0.0102. The van der Waals surface area contributed by atoms with Crippen LogP contribution >= 0.6 is 11.6 Å². The summed E-state index contributed by atoms with van der Waals surface area (Å²) in [5, 5.41) is 0.0923. The molecule has 0 aromatic carbocycles. The highest BCUT2D eigenvalue weighted by Crippen LogP contribution is 2.54. The molecule has 1 aliphatic rings. The van der Waals surface area contributed by atoms with Crippen LogP contribution in [0.1, 0.15) is 26.3 Å². The molecule has 2 rings (SSSR count). The van der Waals surface area contributed by atoms with Gasteiger partial charge >= 0.3 is 5.69 Å². The topological polar surface area (TPSA) is 54.9 Å². The van der Waals surface area contributed by atoms with E-state index in [4.69, 9.17) is 11.6 Å². The number of H-pyrrole nitrogens is 1. The maximum Gasteiger partial charge on any atom is 0.329 e. The summed E-state index contributed by atoms with van der Waals surface area (Å²) in [4.78, 5) is 25.4. The van der Waals surface area contributed by atoms with E-state index in [0.717, 1.165) is 6.42 Å². The highest BCUT2D eigenvalue weighted by Gasteiger charge is 2.48. The third-order valence-electron chi connectivity index (χ3n) is 2.71. The SMILES string of the molecule is CC1(C)CC1n1c(=O)cc(Cl)[nH]c1=O. The second kappa shape index (κ2) is 2.73. The number of aromatic nitrogens is 2. The van der Waals surface area contributed by atoms with Gasteiger partial charge in [-0.1, -0.05) is 25.4 Å². The third-order valence-corrected chi connectivity index (χ3v) is 2.91. The van der Waals surface area contributed by atoms with E-state index < -0.39 is 5.69 Å². The van der Waals surface area contributed by atoms with Crippen molar-refractivity contribution in [3.05, 3.63) is 32.1 Å². The Labute approximate surface area is 85.5 Å². The van der Waals surface area contributed by atoms with Gasteiger partial charge in [-0.15, -0.1) is 0 Å². The van der Waals surface area contributed by atoms with Gasteiger partial charge < -0.3 is 0 Å². The van der Waals surface area contributed by atoms with Crippen molar-refractivity contribution in [3.63, 3.8) is 0 Å². The summed E-state index contributed by atoms with van der Waals surface area (Å²) in [6.07, 6.45) is 0.859. The smallest absolute Gasteiger partial charge is 0.298 e. The lowest BCUT2D eigenvalue weighted by atomic mass is 10.2. The molecule has 1 aromatic heterocycles. The molecule has 0 radical (unpaired) electrons. The van der Waals surface area contributed by atoms with Crippen molar-refractivity contribution in [1.82, 2.24) is 9.55 Å². The van der Waals surface area contributed by atoms with Crippen molar-refractivity contribution in [3.8, 4) is 0 Å². The fourth-order valence-electron chi connectivity index (χ4n) is 1.65. The first-order chi connectivity index (χ1) is 6.42. The summed E-state index contributed by atoms with van der Waals surface area (Å²) >= 11 is 5.55. The summed E-state index contributed by atoms with van der Waals surface area (Å²) in [6.45, 7) is 4.05. The Hall–Kier alpha value is -1.03. The van der Waals surface area contributed by atoms with Crippen LogP contribution in [0.3, 0.4) is 0 Å². The van der Waals surface area contributed by atoms with E-state index in [9.17, 15) is 9.59 Å². The van der Waals surface area contributed by atoms with Crippen molar-refractivity contribution in [2.45, 2.75) is 26.3 Å². The Morgan fingerprint density at radius 2 is 2.14 bits per heavy atom. The average Bonchev–Trinajstić information content (AvgIpc) is 2.56. The number of nitrogens with zero attached hydrogens (tertiary/aromatic N) is 1. The third kappa shape index (κ3) is 1.39. The lowest BCUT2D eigenvalue weighted by molar-refractivity contribution is 0.513. The van der Waals surface area contributed by atoms with E-state index in [1.165, 1.54) is 10.6 Å². The molecule has 14 heavy (non-hydrogen) atoms. The average molecular weight is 215 g/mol. The molecule has 1 saturated carbocycles. The highest BCUT2D eigenvalue weighted by atomic mass is 35.5. The Bertz CT molecular complexity index is 455. The molecule has 1 aliphatic carbocycles. The Morgan fingerprint density at radius 1 is 1.57 bits per heavy atom. The Kier molecular flexibility index (Phi) is 1.86. The van der Waals surface area contributed by atoms with Gasteiger partial charge in [0.25, 0.3) is 5.56 Å². The minimum Gasteiger partial charge on any atom is -0.298 e. The molecule has 1 heterocycles. The second-order valence-corrected chi connectivity index (χ2v) is 4.75. The van der Waals surface area contributed by atoms with Crippen molar-refractivity contribution >= 4 is 11.6 Å². The summed E-state index contributed by atoms with van der Waals surface area (Å²) in [6, 6.07) is 1.24. The molecule has 0 amide bonds. The molecule has 1 unspecified atom stereocenters. The van der Waals surface area contributed by atoms with Crippen molar-refractivity contribution < 1.29 is 0 Å². The van der Waals surface area contributed by atoms with Gasteiger partial charge in [0.05, 0.1) is 0 Å². The Balaban J connectivity index is 2.56. The molecule has 5 heteroatoms. The van der Waals surface area contributed by atoms with Crippen LogP contribution in [0.4, 0.5) is 0 Å². The fraction of sp³-hybridized carbons (Fsp3) is 0.556. The van der Waals surface area contributed by atoms with Crippen molar-refractivity contribution in [2.75, 3.05) is 0 Å². The van der Waals surface area contributed by atoms with Crippen LogP contribution in [0.2, 0.25) is 5.15 Å². The molecule has 4 nitrogen and oxygen atoms in total. The lowest BCUT2D eigenvalue weighted by Gasteiger charge is -2.05. The molecular weight excluding hydrogens is 204 g/mol. The zero-order valence-electron chi connectivity index (χ0n) is 8.00. The largest absolute Gasteiger partial charge is 0.329 e. The molecule has 0 bridgehead atoms. The van der Waals surface area contributed by atoms with Gasteiger partial charge in [-0.3, -0.25) is 14.3 Å². The summed E-state index contributed by atoms with van der Waals surface area (Å²) in [5.74, 6) is 0. The van der Waals surface area contributed by atoms with Crippen LogP contribution in [0, 0.1) is 5.41 Å². The van der Waals surface area contributed by atoms with E-state index in [-0.39, 0.29) is 22.2 Å². The lowest BCUT2D eigenvalue weighted by Crippen LogP contribution is -2.34. The van der Waals surface area contributed by atoms with Gasteiger partial charge in [0.2, 0.25) is 0 Å². The van der Waals surface area contributed by atoms with E-state index in [2.05, 4.69) is 4.98 Å². The van der Waals surface area contributed by atoms with E-state index >= 15 is 0 Å². The van der Waals surface area contributed by atoms with Gasteiger partial charge in [0.15, 0.2) is 0 Å². The van der Waals surface area contributed by atoms with Gasteiger partial charge in [-0.25, -0.2) is 4.79 Å². The zero-order valence-corrected chi connectivity index (χ0v) is 8.76. The predicted octanol–water partition coefficient (Wildman–Crippen LogP) is 1.16. The molecule has 1 atom stereocenters. The molecule has 0 aliphatic heterocycles. The van der Waals surface area contributed by atoms with E-state index in [0.29, 0.717) is 0 Å². The Morgan fingerprint density at radius 3 is 2.57 bits per heavy atom. The molecular formula is C9H11ClN2O2. The fourth-order valence-corrected chi connectivity index (χ4v) is 1.83. The standard InChI is InChI=1S/C9H11ClN2O2/c1-9(2)4-5(9)12-7(13)3-6(10)11-8(12)14/h3,5H,4H2,1-2H3,(H,11,14). The minimum atomic E-state index is -0.418. The van der Waals surface area contributed by atoms with Crippen LogP contribution < -0.4 is 11.2 Å². The van der Waals surface area contributed by atoms with Crippen LogP contribution in [-0.4, -0.2) is 9.55 Å². The maximum absolute atomic E-state index is 11.5. The molecule has 0 spiro atoms. The number of hydrogen-bond donors (Lipinski definition) is 1. The summed E-state index contributed by atoms with van der Waals surface area (Å²) in [5.41, 5.74) is -0.697. The van der Waals surface area contributed by atoms with Crippen LogP contribution in [-0.2, 0) is 0 Å². The number of rotatable bonds is 1. The number of nitrogens with one attached hydrogen (secondary N) is 1. The highest BCUT2D eigenvalue weighted by molar-refractivity contribution is 6.29. The van der Waals surface area contributed by atoms with E-state index in [1.54, 1.807) is 0 Å². The normalized spacial score (nSPS) is 23.5. The van der Waals surface area contributed by atoms with Crippen LogP contribution in [0.5, 0.6) is 0 Å².